The molecule has 0 bridgehead atoms. The highest BCUT2D eigenvalue weighted by atomic mass is 16.5. The minimum Gasteiger partial charge on any atom is -0.494 e. The summed E-state index contributed by atoms with van der Waals surface area (Å²) in [6, 6.07) is 8.79. The molecule has 114 valence electrons. The number of nitrogens with one attached hydrogen (secondary N) is 2. The van der Waals surface area contributed by atoms with E-state index in [1.54, 1.807) is 0 Å². The summed E-state index contributed by atoms with van der Waals surface area (Å²) in [5.41, 5.74) is 1.12. The molecule has 0 aliphatic carbocycles. The van der Waals surface area contributed by atoms with Gasteiger partial charge in [0.05, 0.1) is 6.61 Å². The maximum Gasteiger partial charge on any atom is 0.121 e. The van der Waals surface area contributed by atoms with E-state index in [1.807, 2.05) is 12.1 Å². The topological polar surface area (TPSA) is 33.3 Å². The Morgan fingerprint density at radius 1 is 1.15 bits per heavy atom. The predicted octanol–water partition coefficient (Wildman–Crippen LogP) is 3.91. The molecule has 2 N–H and O–H groups in total. The second-order valence-electron chi connectivity index (χ2n) is 5.75. The minimum absolute atomic E-state index is 0.586. The van der Waals surface area contributed by atoms with Gasteiger partial charge in [-0.2, -0.15) is 0 Å². The molecule has 1 atom stereocenters. The van der Waals surface area contributed by atoms with Crippen molar-refractivity contribution in [2.24, 2.45) is 5.92 Å². The van der Waals surface area contributed by atoms with Crippen LogP contribution in [0.2, 0.25) is 0 Å². The van der Waals surface area contributed by atoms with Gasteiger partial charge in [0.1, 0.15) is 5.75 Å². The van der Waals surface area contributed by atoms with Gasteiger partial charge < -0.3 is 15.4 Å². The Morgan fingerprint density at radius 2 is 1.95 bits per heavy atom. The number of rotatable bonds is 10. The number of ether oxygens (including phenoxy) is 1. The molecule has 1 aromatic rings. The molecule has 0 saturated heterocycles. The first-order chi connectivity index (χ1) is 9.61. The lowest BCUT2D eigenvalue weighted by atomic mass is 10.1. The molecular weight excluding hydrogens is 248 g/mol. The smallest absolute Gasteiger partial charge is 0.121 e. The highest BCUT2D eigenvalue weighted by Gasteiger charge is 1.99. The second kappa shape index (κ2) is 9.65. The number of hydrogen-bond acceptors (Lipinski definition) is 3. The maximum atomic E-state index is 5.76. The molecule has 0 amide bonds. The summed E-state index contributed by atoms with van der Waals surface area (Å²) in [7, 11) is 0. The quantitative estimate of drug-likeness (QED) is 0.637. The average molecular weight is 278 g/mol. The minimum atomic E-state index is 0.586. The summed E-state index contributed by atoms with van der Waals surface area (Å²) in [6.07, 6.45) is 2.26. The lowest BCUT2D eigenvalue weighted by Gasteiger charge is -2.13. The number of hydrogen-bond donors (Lipinski definition) is 2. The molecular formula is C17H30N2O. The number of anilines is 1. The Morgan fingerprint density at radius 3 is 2.65 bits per heavy atom. The van der Waals surface area contributed by atoms with Crippen LogP contribution in [0, 0.1) is 5.92 Å². The summed E-state index contributed by atoms with van der Waals surface area (Å²) in [4.78, 5) is 0. The monoisotopic (exact) mass is 278 g/mol. The molecule has 0 aliphatic heterocycles. The van der Waals surface area contributed by atoms with E-state index in [-0.39, 0.29) is 0 Å². The van der Waals surface area contributed by atoms with Gasteiger partial charge in [-0.15, -0.1) is 0 Å². The molecule has 3 heteroatoms. The van der Waals surface area contributed by atoms with Gasteiger partial charge in [0.15, 0.2) is 0 Å². The van der Waals surface area contributed by atoms with Crippen LogP contribution in [0.3, 0.4) is 0 Å². The van der Waals surface area contributed by atoms with Gasteiger partial charge in [-0.25, -0.2) is 0 Å². The van der Waals surface area contributed by atoms with Crippen molar-refractivity contribution in [2.45, 2.75) is 46.6 Å². The summed E-state index contributed by atoms with van der Waals surface area (Å²) >= 11 is 0. The third-order valence-corrected chi connectivity index (χ3v) is 3.36. The van der Waals surface area contributed by atoms with Crippen LogP contribution in [0.25, 0.3) is 0 Å². The van der Waals surface area contributed by atoms with E-state index in [0.717, 1.165) is 37.6 Å². The van der Waals surface area contributed by atoms with Crippen LogP contribution in [0.15, 0.2) is 24.3 Å². The molecule has 20 heavy (non-hydrogen) atoms. The van der Waals surface area contributed by atoms with E-state index in [9.17, 15) is 0 Å². The van der Waals surface area contributed by atoms with Crippen molar-refractivity contribution in [1.82, 2.24) is 5.32 Å². The van der Waals surface area contributed by atoms with Crippen LogP contribution >= 0.6 is 0 Å². The Hall–Kier alpha value is -1.22. The molecule has 0 aliphatic rings. The Kier molecular flexibility index (Phi) is 8.12. The van der Waals surface area contributed by atoms with Crippen molar-refractivity contribution in [3.8, 4) is 5.75 Å². The van der Waals surface area contributed by atoms with Gasteiger partial charge in [0.25, 0.3) is 0 Å². The zero-order valence-corrected chi connectivity index (χ0v) is 13.4. The van der Waals surface area contributed by atoms with Crippen molar-refractivity contribution in [3.05, 3.63) is 24.3 Å². The maximum absolute atomic E-state index is 5.76. The summed E-state index contributed by atoms with van der Waals surface area (Å²) < 4.78 is 5.76. The van der Waals surface area contributed by atoms with Crippen molar-refractivity contribution >= 4 is 5.69 Å². The van der Waals surface area contributed by atoms with Crippen LogP contribution in [-0.4, -0.2) is 25.7 Å². The third-order valence-electron chi connectivity index (χ3n) is 3.36. The Labute approximate surface area is 124 Å². The SMILES string of the molecule is CCC(C)NCCNc1cccc(OCCC(C)C)c1. The standard InChI is InChI=1S/C17H30N2O/c1-5-15(4)18-10-11-19-16-7-6-8-17(13-16)20-12-9-14(2)3/h6-8,13-15,18-19H,5,9-12H2,1-4H3. The first-order valence-corrected chi connectivity index (χ1v) is 7.82. The fraction of sp³-hybridized carbons (Fsp3) is 0.647. The van der Waals surface area contributed by atoms with E-state index in [2.05, 4.69) is 50.5 Å². The Bertz CT molecular complexity index is 366. The van der Waals surface area contributed by atoms with Gasteiger partial charge in [0.2, 0.25) is 0 Å². The van der Waals surface area contributed by atoms with E-state index >= 15 is 0 Å². The predicted molar refractivity (Wildman–Crippen MR) is 87.6 cm³/mol. The van der Waals surface area contributed by atoms with Crippen molar-refractivity contribution < 1.29 is 4.74 Å². The number of benzene rings is 1. The first kappa shape index (κ1) is 16.8. The highest BCUT2D eigenvalue weighted by Crippen LogP contribution is 2.17. The molecule has 0 fully saturated rings. The molecule has 0 heterocycles. The van der Waals surface area contributed by atoms with Crippen LogP contribution in [0.4, 0.5) is 5.69 Å². The van der Waals surface area contributed by atoms with Crippen molar-refractivity contribution in [2.75, 3.05) is 25.0 Å². The molecule has 1 unspecified atom stereocenters. The zero-order valence-electron chi connectivity index (χ0n) is 13.4. The van der Waals surface area contributed by atoms with Gasteiger partial charge in [0, 0.05) is 30.9 Å². The molecule has 0 aromatic heterocycles. The third kappa shape index (κ3) is 7.39. The highest BCUT2D eigenvalue weighted by molar-refractivity contribution is 5.48. The lowest BCUT2D eigenvalue weighted by molar-refractivity contribution is 0.289. The van der Waals surface area contributed by atoms with E-state index in [1.165, 1.54) is 6.42 Å². The fourth-order valence-electron chi connectivity index (χ4n) is 1.78. The van der Waals surface area contributed by atoms with Gasteiger partial charge in [-0.1, -0.05) is 26.8 Å². The van der Waals surface area contributed by atoms with Crippen molar-refractivity contribution in [1.29, 1.82) is 0 Å². The second-order valence-corrected chi connectivity index (χ2v) is 5.75. The average Bonchev–Trinajstić information content (AvgIpc) is 2.43. The van der Waals surface area contributed by atoms with E-state index in [4.69, 9.17) is 4.74 Å². The fourth-order valence-corrected chi connectivity index (χ4v) is 1.78. The molecule has 0 saturated carbocycles. The molecule has 0 radical (unpaired) electrons. The van der Waals surface area contributed by atoms with Gasteiger partial charge in [-0.05, 0) is 37.8 Å². The van der Waals surface area contributed by atoms with Gasteiger partial charge in [-0.3, -0.25) is 0 Å². The molecule has 3 nitrogen and oxygen atoms in total. The van der Waals surface area contributed by atoms with Gasteiger partial charge >= 0.3 is 0 Å². The first-order valence-electron chi connectivity index (χ1n) is 7.82. The largest absolute Gasteiger partial charge is 0.494 e. The van der Waals surface area contributed by atoms with Crippen molar-refractivity contribution in [3.63, 3.8) is 0 Å². The summed E-state index contributed by atoms with van der Waals surface area (Å²) in [5.74, 6) is 1.63. The lowest BCUT2D eigenvalue weighted by Crippen LogP contribution is -2.30. The van der Waals surface area contributed by atoms with E-state index in [0.29, 0.717) is 12.0 Å². The summed E-state index contributed by atoms with van der Waals surface area (Å²) in [5, 5.41) is 6.89. The van der Waals surface area contributed by atoms with Crippen LogP contribution in [0.1, 0.15) is 40.5 Å². The van der Waals surface area contributed by atoms with Crippen LogP contribution in [-0.2, 0) is 0 Å². The van der Waals surface area contributed by atoms with Crippen LogP contribution < -0.4 is 15.4 Å². The molecule has 1 rings (SSSR count). The molecule has 1 aromatic carbocycles. The van der Waals surface area contributed by atoms with Crippen LogP contribution in [0.5, 0.6) is 5.75 Å². The normalized spacial score (nSPS) is 12.4. The Balaban J connectivity index is 2.28. The zero-order chi connectivity index (χ0) is 14.8. The van der Waals surface area contributed by atoms with E-state index < -0.39 is 0 Å². The molecule has 0 spiro atoms. The summed E-state index contributed by atoms with van der Waals surface area (Å²) in [6.45, 7) is 11.5.